The second-order valence-electron chi connectivity index (χ2n) is 5.50. The first-order valence-electron chi connectivity index (χ1n) is 7.73. The van der Waals surface area contributed by atoms with Gasteiger partial charge in [0.25, 0.3) is 0 Å². The molecule has 1 amide bonds. The van der Waals surface area contributed by atoms with Gasteiger partial charge in [0.05, 0.1) is 10.9 Å². The van der Waals surface area contributed by atoms with Crippen LogP contribution in [0.25, 0.3) is 5.69 Å². The summed E-state index contributed by atoms with van der Waals surface area (Å²) in [6.45, 7) is 3.88. The van der Waals surface area contributed by atoms with Crippen molar-refractivity contribution >= 4 is 46.9 Å². The summed E-state index contributed by atoms with van der Waals surface area (Å²) in [5, 5.41) is 7.19. The summed E-state index contributed by atoms with van der Waals surface area (Å²) in [6, 6.07) is 17.5. The molecule has 1 heterocycles. The number of rotatable bonds is 5. The Hall–Kier alpha value is -1.96. The summed E-state index contributed by atoms with van der Waals surface area (Å²) in [5.74, 6) is -0.0544. The van der Waals surface area contributed by atoms with Gasteiger partial charge in [-0.1, -0.05) is 59.0 Å². The number of carbonyl (C=O) groups is 1. The van der Waals surface area contributed by atoms with Gasteiger partial charge in [-0.15, -0.1) is 5.10 Å². The topological polar surface area (TPSA) is 46.9 Å². The smallest absolute Gasteiger partial charge is 0.237 e. The quantitative estimate of drug-likeness (QED) is 0.489. The molecule has 4 nitrogen and oxygen atoms in total. The largest absolute Gasteiger partial charge is 0.325 e. The third-order valence-corrected chi connectivity index (χ3v) is 5.91. The fourth-order valence-corrected chi connectivity index (χ4v) is 4.63. The van der Waals surface area contributed by atoms with Crippen LogP contribution in [-0.2, 0) is 4.79 Å². The Morgan fingerprint density at radius 3 is 2.56 bits per heavy atom. The highest BCUT2D eigenvalue weighted by molar-refractivity contribution is 8.02. The molecular weight excluding hydrogens is 370 g/mol. The lowest BCUT2D eigenvalue weighted by Crippen LogP contribution is -2.22. The van der Waals surface area contributed by atoms with E-state index in [9.17, 15) is 4.79 Å². The third kappa shape index (κ3) is 4.56. The van der Waals surface area contributed by atoms with Crippen molar-refractivity contribution < 1.29 is 4.79 Å². The zero-order valence-electron chi connectivity index (χ0n) is 13.8. The molecule has 1 atom stereocenters. The summed E-state index contributed by atoms with van der Waals surface area (Å²) >= 11 is 8.22. The minimum Gasteiger partial charge on any atom is -0.325 e. The summed E-state index contributed by atoms with van der Waals surface area (Å²) in [4.78, 5) is 12.4. The first-order valence-corrected chi connectivity index (χ1v) is 9.83. The SMILES string of the molecule is Cc1ccc(NC(=O)[C@H](C)Sc2nn(-c3ccccc3)c(=S)s2)cc1. The second kappa shape index (κ2) is 7.95. The van der Waals surface area contributed by atoms with E-state index in [-0.39, 0.29) is 11.2 Å². The predicted octanol–water partition coefficient (Wildman–Crippen LogP) is 5.09. The molecule has 3 rings (SSSR count). The van der Waals surface area contributed by atoms with Gasteiger partial charge in [0.1, 0.15) is 0 Å². The van der Waals surface area contributed by atoms with Crippen molar-refractivity contribution in [1.29, 1.82) is 0 Å². The fraction of sp³-hybridized carbons (Fsp3) is 0.167. The fourth-order valence-electron chi connectivity index (χ4n) is 2.13. The van der Waals surface area contributed by atoms with Crippen molar-refractivity contribution in [2.24, 2.45) is 0 Å². The molecule has 0 saturated carbocycles. The van der Waals surface area contributed by atoms with Gasteiger partial charge in [-0.25, -0.2) is 4.68 Å². The molecule has 0 radical (unpaired) electrons. The molecule has 0 bridgehead atoms. The molecule has 0 fully saturated rings. The Morgan fingerprint density at radius 1 is 1.20 bits per heavy atom. The molecule has 7 heteroatoms. The van der Waals surface area contributed by atoms with E-state index in [0.29, 0.717) is 3.95 Å². The van der Waals surface area contributed by atoms with Crippen molar-refractivity contribution in [1.82, 2.24) is 9.78 Å². The van der Waals surface area contributed by atoms with Crippen molar-refractivity contribution in [3.05, 3.63) is 64.1 Å². The molecule has 25 heavy (non-hydrogen) atoms. The summed E-state index contributed by atoms with van der Waals surface area (Å²) in [5.41, 5.74) is 2.88. The Labute approximate surface area is 159 Å². The summed E-state index contributed by atoms with van der Waals surface area (Å²) in [7, 11) is 0. The van der Waals surface area contributed by atoms with Crippen molar-refractivity contribution in [2.45, 2.75) is 23.4 Å². The standard InChI is InChI=1S/C18H17N3OS3/c1-12-8-10-14(11-9-12)19-16(22)13(2)24-17-20-21(18(23)25-17)15-6-4-3-5-7-15/h3-11,13H,1-2H3,(H,19,22)/t13-/m0/s1. The van der Waals surface area contributed by atoms with E-state index in [0.717, 1.165) is 21.3 Å². The monoisotopic (exact) mass is 387 g/mol. The Morgan fingerprint density at radius 2 is 1.88 bits per heavy atom. The maximum Gasteiger partial charge on any atom is 0.237 e. The first-order chi connectivity index (χ1) is 12.0. The van der Waals surface area contributed by atoms with Gasteiger partial charge in [-0.05, 0) is 50.3 Å². The third-order valence-electron chi connectivity index (χ3n) is 3.50. The molecule has 0 aliphatic carbocycles. The number of benzene rings is 2. The zero-order valence-corrected chi connectivity index (χ0v) is 16.3. The molecule has 128 valence electrons. The van der Waals surface area contributed by atoms with E-state index < -0.39 is 0 Å². The predicted molar refractivity (Wildman–Crippen MR) is 107 cm³/mol. The van der Waals surface area contributed by atoms with Gasteiger partial charge < -0.3 is 5.32 Å². The van der Waals surface area contributed by atoms with Crippen molar-refractivity contribution in [3.8, 4) is 5.69 Å². The zero-order chi connectivity index (χ0) is 17.8. The Balaban J connectivity index is 1.68. The van der Waals surface area contributed by atoms with E-state index >= 15 is 0 Å². The molecule has 0 unspecified atom stereocenters. The van der Waals surface area contributed by atoms with Gasteiger partial charge in [0.15, 0.2) is 8.29 Å². The number of aryl methyl sites for hydroxylation is 1. The van der Waals surface area contributed by atoms with Crippen LogP contribution in [0.15, 0.2) is 58.9 Å². The Kier molecular flexibility index (Phi) is 5.67. The highest BCUT2D eigenvalue weighted by Gasteiger charge is 2.17. The minimum atomic E-state index is -0.272. The number of hydrogen-bond donors (Lipinski definition) is 1. The van der Waals surface area contributed by atoms with Gasteiger partial charge in [-0.2, -0.15) is 0 Å². The van der Waals surface area contributed by atoms with Crippen LogP contribution in [0.1, 0.15) is 12.5 Å². The van der Waals surface area contributed by atoms with E-state index in [2.05, 4.69) is 10.4 Å². The lowest BCUT2D eigenvalue weighted by molar-refractivity contribution is -0.115. The van der Waals surface area contributed by atoms with Crippen LogP contribution in [0.4, 0.5) is 5.69 Å². The van der Waals surface area contributed by atoms with E-state index in [1.807, 2.05) is 68.4 Å². The normalized spacial score (nSPS) is 11.9. The van der Waals surface area contributed by atoms with E-state index in [4.69, 9.17) is 12.2 Å². The van der Waals surface area contributed by atoms with E-state index in [1.54, 1.807) is 4.68 Å². The minimum absolute atomic E-state index is 0.0544. The number of nitrogens with one attached hydrogen (secondary N) is 1. The van der Waals surface area contributed by atoms with Crippen LogP contribution in [0.2, 0.25) is 0 Å². The molecule has 3 aromatic rings. The highest BCUT2D eigenvalue weighted by Crippen LogP contribution is 2.28. The van der Waals surface area contributed by atoms with Gasteiger partial charge in [0, 0.05) is 5.69 Å². The molecular formula is C18H17N3OS3. The van der Waals surface area contributed by atoms with Gasteiger partial charge in [-0.3, -0.25) is 4.79 Å². The molecule has 0 saturated heterocycles. The molecule has 2 aromatic carbocycles. The molecule has 0 spiro atoms. The van der Waals surface area contributed by atoms with Crippen LogP contribution in [-0.4, -0.2) is 20.9 Å². The van der Waals surface area contributed by atoms with Crippen LogP contribution in [0.3, 0.4) is 0 Å². The highest BCUT2D eigenvalue weighted by atomic mass is 32.2. The number of hydrogen-bond acceptors (Lipinski definition) is 5. The van der Waals surface area contributed by atoms with Gasteiger partial charge in [0.2, 0.25) is 5.91 Å². The van der Waals surface area contributed by atoms with Crippen LogP contribution >= 0.6 is 35.3 Å². The summed E-state index contributed by atoms with van der Waals surface area (Å²) in [6.07, 6.45) is 0. The number of thioether (sulfide) groups is 1. The first kappa shape index (κ1) is 17.8. The van der Waals surface area contributed by atoms with E-state index in [1.165, 1.54) is 23.1 Å². The number of amides is 1. The molecule has 1 aromatic heterocycles. The number of anilines is 1. The lowest BCUT2D eigenvalue weighted by atomic mass is 10.2. The number of nitrogens with zero attached hydrogens (tertiary/aromatic N) is 2. The number of carbonyl (C=O) groups excluding carboxylic acids is 1. The van der Waals surface area contributed by atoms with Crippen LogP contribution in [0.5, 0.6) is 0 Å². The molecule has 0 aliphatic rings. The lowest BCUT2D eigenvalue weighted by Gasteiger charge is -2.10. The maximum atomic E-state index is 12.4. The number of para-hydroxylation sites is 1. The maximum absolute atomic E-state index is 12.4. The average molecular weight is 388 g/mol. The van der Waals surface area contributed by atoms with Crippen LogP contribution in [0, 0.1) is 10.9 Å². The van der Waals surface area contributed by atoms with Gasteiger partial charge >= 0.3 is 0 Å². The second-order valence-corrected chi connectivity index (χ2v) is 8.71. The van der Waals surface area contributed by atoms with Crippen molar-refractivity contribution in [2.75, 3.05) is 5.32 Å². The number of aromatic nitrogens is 2. The molecule has 0 aliphatic heterocycles. The molecule has 1 N–H and O–H groups in total. The average Bonchev–Trinajstić information content (AvgIpc) is 2.98. The van der Waals surface area contributed by atoms with Crippen LogP contribution < -0.4 is 5.32 Å². The Bertz CT molecular complexity index is 917. The summed E-state index contributed by atoms with van der Waals surface area (Å²) < 4.78 is 3.17. The van der Waals surface area contributed by atoms with Crippen molar-refractivity contribution in [3.63, 3.8) is 0 Å².